The van der Waals surface area contributed by atoms with Crippen molar-refractivity contribution in [3.8, 4) is 0 Å². The Balaban J connectivity index is 1.96. The summed E-state index contributed by atoms with van der Waals surface area (Å²) >= 11 is 0. The van der Waals surface area contributed by atoms with Crippen molar-refractivity contribution >= 4 is 23.4 Å². The lowest BCUT2D eigenvalue weighted by Crippen LogP contribution is -2.53. The molecule has 3 rings (SSSR count). The Morgan fingerprint density at radius 3 is 2.54 bits per heavy atom. The zero-order valence-corrected chi connectivity index (χ0v) is 15.0. The molecule has 0 fully saturated rings. The van der Waals surface area contributed by atoms with Crippen LogP contribution in [0.5, 0.6) is 0 Å². The molecule has 0 saturated heterocycles. The van der Waals surface area contributed by atoms with E-state index in [1.54, 1.807) is 19.1 Å². The van der Waals surface area contributed by atoms with Gasteiger partial charge in [0.2, 0.25) is 0 Å². The van der Waals surface area contributed by atoms with Gasteiger partial charge < -0.3 is 15.0 Å². The van der Waals surface area contributed by atoms with Crippen molar-refractivity contribution in [2.45, 2.75) is 13.1 Å². The number of hydrogen-bond donors (Lipinski definition) is 2. The molecule has 0 aromatic heterocycles. The van der Waals surface area contributed by atoms with Crippen molar-refractivity contribution in [2.75, 3.05) is 30.9 Å². The largest absolute Gasteiger partial charge is 0.449 e. The molecule has 7 heteroatoms. The molecule has 2 aromatic carbocycles. The highest BCUT2D eigenvalue weighted by Crippen LogP contribution is 2.32. The standard InChI is InChI=1S/C19H22N4O3/c1-4-26-19(25)21-23-17(13-9-11-14(12-10-13)22(2)3)20-16-8-6-5-7-15(16)18(23)24/h5-12,17,20H,4H2,1-3H3,(H,21,25)/t17-/m1/s1. The van der Waals surface area contributed by atoms with Crippen LogP contribution in [0.25, 0.3) is 0 Å². The quantitative estimate of drug-likeness (QED) is 0.883. The lowest BCUT2D eigenvalue weighted by molar-refractivity contribution is 0.0506. The van der Waals surface area contributed by atoms with Gasteiger partial charge in [-0.25, -0.2) is 15.2 Å². The number of nitrogens with zero attached hydrogens (tertiary/aromatic N) is 2. The highest BCUT2D eigenvalue weighted by molar-refractivity contribution is 6.02. The topological polar surface area (TPSA) is 73.9 Å². The van der Waals surface area contributed by atoms with Crippen LogP contribution in [0.2, 0.25) is 0 Å². The third kappa shape index (κ3) is 3.42. The highest BCUT2D eigenvalue weighted by atomic mass is 16.6. The molecule has 0 unspecified atom stereocenters. The second-order valence-electron chi connectivity index (χ2n) is 6.09. The van der Waals surface area contributed by atoms with Crippen molar-refractivity contribution in [1.29, 1.82) is 0 Å². The number of hydrazine groups is 1. The van der Waals surface area contributed by atoms with E-state index in [2.05, 4.69) is 10.7 Å². The van der Waals surface area contributed by atoms with Crippen molar-refractivity contribution in [2.24, 2.45) is 0 Å². The van der Waals surface area contributed by atoms with E-state index >= 15 is 0 Å². The number of hydrogen-bond acceptors (Lipinski definition) is 5. The molecule has 136 valence electrons. The molecule has 0 aliphatic carbocycles. The van der Waals surface area contributed by atoms with Gasteiger partial charge in [-0.15, -0.1) is 0 Å². The number of carbonyl (C=O) groups is 2. The van der Waals surface area contributed by atoms with Gasteiger partial charge in [-0.3, -0.25) is 4.79 Å². The Morgan fingerprint density at radius 2 is 1.88 bits per heavy atom. The maximum atomic E-state index is 12.9. The molecule has 2 N–H and O–H groups in total. The summed E-state index contributed by atoms with van der Waals surface area (Å²) in [7, 11) is 3.92. The van der Waals surface area contributed by atoms with Gasteiger partial charge in [-0.1, -0.05) is 24.3 Å². The van der Waals surface area contributed by atoms with Crippen molar-refractivity contribution in [3.05, 3.63) is 59.7 Å². The molecule has 26 heavy (non-hydrogen) atoms. The number of anilines is 2. The van der Waals surface area contributed by atoms with E-state index in [4.69, 9.17) is 4.74 Å². The molecule has 1 heterocycles. The number of nitrogens with one attached hydrogen (secondary N) is 2. The van der Waals surface area contributed by atoms with E-state index in [0.717, 1.165) is 16.9 Å². The van der Waals surface area contributed by atoms with Crippen LogP contribution in [0.15, 0.2) is 48.5 Å². The number of amides is 2. The first-order valence-electron chi connectivity index (χ1n) is 8.41. The molecule has 2 amide bonds. The minimum absolute atomic E-state index is 0.222. The summed E-state index contributed by atoms with van der Waals surface area (Å²) in [6, 6.07) is 15.0. The summed E-state index contributed by atoms with van der Waals surface area (Å²) in [6.07, 6.45) is -1.21. The first kappa shape index (κ1) is 17.6. The van der Waals surface area contributed by atoms with E-state index in [1.165, 1.54) is 5.01 Å². The molecule has 0 saturated carbocycles. The van der Waals surface area contributed by atoms with Crippen LogP contribution in [0.4, 0.5) is 16.2 Å². The fraction of sp³-hybridized carbons (Fsp3) is 0.263. The number of carbonyl (C=O) groups excluding carboxylic acids is 2. The van der Waals surface area contributed by atoms with E-state index in [-0.39, 0.29) is 12.5 Å². The van der Waals surface area contributed by atoms with E-state index in [0.29, 0.717) is 5.56 Å². The Labute approximate surface area is 152 Å². The van der Waals surface area contributed by atoms with Gasteiger partial charge >= 0.3 is 6.09 Å². The van der Waals surface area contributed by atoms with E-state index in [9.17, 15) is 9.59 Å². The van der Waals surface area contributed by atoms with Crippen molar-refractivity contribution in [1.82, 2.24) is 10.4 Å². The van der Waals surface area contributed by atoms with Gasteiger partial charge in [-0.05, 0) is 36.8 Å². The van der Waals surface area contributed by atoms with Gasteiger partial charge in [0.1, 0.15) is 6.17 Å². The average Bonchev–Trinajstić information content (AvgIpc) is 2.64. The summed E-state index contributed by atoms with van der Waals surface area (Å²) in [6.45, 7) is 1.93. The Kier molecular flexibility index (Phi) is 4.97. The van der Waals surface area contributed by atoms with E-state index < -0.39 is 12.3 Å². The van der Waals surface area contributed by atoms with Gasteiger partial charge in [0.05, 0.1) is 12.2 Å². The zero-order valence-electron chi connectivity index (χ0n) is 15.0. The fourth-order valence-corrected chi connectivity index (χ4v) is 2.82. The normalized spacial score (nSPS) is 15.7. The molecule has 0 bridgehead atoms. The number of benzene rings is 2. The SMILES string of the molecule is CCOC(=O)NN1C(=O)c2ccccc2N[C@H]1c1ccc(N(C)C)cc1. The van der Waals surface area contributed by atoms with Crippen LogP contribution in [-0.4, -0.2) is 37.7 Å². The molecule has 0 spiro atoms. The van der Waals surface area contributed by atoms with Crippen molar-refractivity contribution in [3.63, 3.8) is 0 Å². The minimum atomic E-state index is -0.669. The summed E-state index contributed by atoms with van der Waals surface area (Å²) in [5.41, 5.74) is 5.65. The average molecular weight is 354 g/mol. The second-order valence-corrected chi connectivity index (χ2v) is 6.09. The Bertz CT molecular complexity index is 805. The molecule has 0 radical (unpaired) electrons. The minimum Gasteiger partial charge on any atom is -0.449 e. The molecular formula is C19H22N4O3. The number of ether oxygens (including phenoxy) is 1. The van der Waals surface area contributed by atoms with Crippen molar-refractivity contribution < 1.29 is 14.3 Å². The summed E-state index contributed by atoms with van der Waals surface area (Å²) < 4.78 is 4.94. The first-order valence-corrected chi connectivity index (χ1v) is 8.41. The number of para-hydroxylation sites is 1. The fourth-order valence-electron chi connectivity index (χ4n) is 2.82. The van der Waals surface area contributed by atoms with Gasteiger partial charge in [0.15, 0.2) is 0 Å². The molecule has 1 aliphatic heterocycles. The third-order valence-corrected chi connectivity index (χ3v) is 4.14. The molecular weight excluding hydrogens is 332 g/mol. The first-order chi connectivity index (χ1) is 12.5. The number of fused-ring (bicyclic) bond motifs is 1. The van der Waals surface area contributed by atoms with Gasteiger partial charge in [-0.2, -0.15) is 0 Å². The van der Waals surface area contributed by atoms with Crippen LogP contribution in [0.3, 0.4) is 0 Å². The Morgan fingerprint density at radius 1 is 1.19 bits per heavy atom. The molecule has 2 aromatic rings. The maximum absolute atomic E-state index is 12.9. The van der Waals surface area contributed by atoms with Crippen LogP contribution < -0.4 is 15.6 Å². The lowest BCUT2D eigenvalue weighted by Gasteiger charge is -2.37. The second kappa shape index (κ2) is 7.35. The van der Waals surface area contributed by atoms with Crippen LogP contribution in [0, 0.1) is 0 Å². The predicted molar refractivity (Wildman–Crippen MR) is 99.9 cm³/mol. The van der Waals surface area contributed by atoms with Crippen LogP contribution in [0.1, 0.15) is 29.0 Å². The lowest BCUT2D eigenvalue weighted by atomic mass is 10.0. The third-order valence-electron chi connectivity index (χ3n) is 4.14. The Hall–Kier alpha value is -3.22. The summed E-state index contributed by atoms with van der Waals surface area (Å²) in [5, 5.41) is 4.58. The predicted octanol–water partition coefficient (Wildman–Crippen LogP) is 2.98. The van der Waals surface area contributed by atoms with Crippen LogP contribution >= 0.6 is 0 Å². The highest BCUT2D eigenvalue weighted by Gasteiger charge is 2.34. The summed E-state index contributed by atoms with van der Waals surface area (Å²) in [5.74, 6) is -0.297. The van der Waals surface area contributed by atoms with Gasteiger partial charge in [0, 0.05) is 25.5 Å². The maximum Gasteiger partial charge on any atom is 0.426 e. The summed E-state index contributed by atoms with van der Waals surface area (Å²) in [4.78, 5) is 26.8. The molecule has 7 nitrogen and oxygen atoms in total. The monoisotopic (exact) mass is 354 g/mol. The van der Waals surface area contributed by atoms with E-state index in [1.807, 2.05) is 55.4 Å². The smallest absolute Gasteiger partial charge is 0.426 e. The molecule has 1 atom stereocenters. The molecule has 1 aliphatic rings. The van der Waals surface area contributed by atoms with Crippen LogP contribution in [-0.2, 0) is 4.74 Å². The number of rotatable bonds is 4. The zero-order chi connectivity index (χ0) is 18.7. The van der Waals surface area contributed by atoms with Gasteiger partial charge in [0.25, 0.3) is 5.91 Å².